The van der Waals surface area contributed by atoms with Crippen LogP contribution in [0.25, 0.3) is 0 Å². The van der Waals surface area contributed by atoms with Gasteiger partial charge in [-0.3, -0.25) is 0 Å². The molecule has 4 heteroatoms. The van der Waals surface area contributed by atoms with Gasteiger partial charge in [-0.15, -0.1) is 0 Å². The standard InChI is InChI=1S/C14H22O3Si/c1-15-18(16-2)12-6-9-14(17-18)11-10-13-7-4-3-5-8-13/h3-5,7-8,14H,6,9-12H2,1-2H3. The average Bonchev–Trinajstić information content (AvgIpc) is 2.46. The maximum Gasteiger partial charge on any atom is 0.500 e. The molecule has 0 aliphatic carbocycles. The Bertz CT molecular complexity index is 351. The Morgan fingerprint density at radius 2 is 1.94 bits per heavy atom. The lowest BCUT2D eigenvalue weighted by molar-refractivity contribution is 0.0300. The fourth-order valence-electron chi connectivity index (χ4n) is 2.48. The highest BCUT2D eigenvalue weighted by molar-refractivity contribution is 6.60. The zero-order valence-corrected chi connectivity index (χ0v) is 12.2. The van der Waals surface area contributed by atoms with Crippen LogP contribution in [-0.2, 0) is 19.7 Å². The number of hydrogen-bond donors (Lipinski definition) is 0. The zero-order valence-electron chi connectivity index (χ0n) is 11.2. The van der Waals surface area contributed by atoms with Crippen molar-refractivity contribution in [1.82, 2.24) is 0 Å². The molecule has 1 aliphatic rings. The summed E-state index contributed by atoms with van der Waals surface area (Å²) >= 11 is 0. The SMILES string of the molecule is CO[Si]1(OC)CCCC(CCc2ccccc2)O1. The molecule has 1 atom stereocenters. The molecular formula is C14H22O3Si. The predicted octanol–water partition coefficient (Wildman–Crippen LogP) is 3.03. The third-order valence-electron chi connectivity index (χ3n) is 3.58. The van der Waals surface area contributed by atoms with Gasteiger partial charge in [-0.2, -0.15) is 0 Å². The molecule has 1 aromatic rings. The van der Waals surface area contributed by atoms with Crippen molar-refractivity contribution in [2.45, 2.75) is 37.8 Å². The second kappa shape index (κ2) is 6.47. The van der Waals surface area contributed by atoms with Gasteiger partial charge in [0.2, 0.25) is 0 Å². The first kappa shape index (κ1) is 13.7. The Balaban J connectivity index is 1.86. The third kappa shape index (κ3) is 3.42. The molecule has 1 fully saturated rings. The molecule has 0 radical (unpaired) electrons. The van der Waals surface area contributed by atoms with E-state index in [4.69, 9.17) is 13.3 Å². The van der Waals surface area contributed by atoms with Gasteiger partial charge in [0.1, 0.15) is 0 Å². The van der Waals surface area contributed by atoms with Gasteiger partial charge in [0.25, 0.3) is 0 Å². The van der Waals surface area contributed by atoms with Crippen LogP contribution in [0.5, 0.6) is 0 Å². The van der Waals surface area contributed by atoms with Gasteiger partial charge in [0.15, 0.2) is 0 Å². The summed E-state index contributed by atoms with van der Waals surface area (Å²) in [5, 5.41) is 0. The van der Waals surface area contributed by atoms with E-state index in [1.807, 2.05) is 6.07 Å². The highest BCUT2D eigenvalue weighted by Gasteiger charge is 2.43. The molecule has 0 N–H and O–H groups in total. The molecule has 1 unspecified atom stereocenters. The van der Waals surface area contributed by atoms with E-state index in [0.29, 0.717) is 0 Å². The van der Waals surface area contributed by atoms with Crippen molar-refractivity contribution >= 4 is 8.80 Å². The Hall–Kier alpha value is -0.683. The van der Waals surface area contributed by atoms with Crippen LogP contribution in [0.1, 0.15) is 24.8 Å². The van der Waals surface area contributed by atoms with E-state index in [2.05, 4.69) is 24.3 Å². The summed E-state index contributed by atoms with van der Waals surface area (Å²) in [6.07, 6.45) is 4.65. The molecule has 2 rings (SSSR count). The second-order valence-corrected chi connectivity index (χ2v) is 7.67. The minimum atomic E-state index is -2.33. The van der Waals surface area contributed by atoms with Crippen molar-refractivity contribution in [3.63, 3.8) is 0 Å². The third-order valence-corrected chi connectivity index (χ3v) is 6.48. The van der Waals surface area contributed by atoms with Gasteiger partial charge in [0, 0.05) is 26.4 Å². The molecule has 1 aromatic carbocycles. The summed E-state index contributed by atoms with van der Waals surface area (Å²) in [4.78, 5) is 0. The summed E-state index contributed by atoms with van der Waals surface area (Å²) in [5.74, 6) is 0. The lowest BCUT2D eigenvalue weighted by Crippen LogP contribution is -2.49. The quantitative estimate of drug-likeness (QED) is 0.767. The summed E-state index contributed by atoms with van der Waals surface area (Å²) < 4.78 is 17.1. The van der Waals surface area contributed by atoms with Gasteiger partial charge in [-0.05, 0) is 31.2 Å². The molecule has 100 valence electrons. The monoisotopic (exact) mass is 266 g/mol. The van der Waals surface area contributed by atoms with Crippen molar-refractivity contribution in [2.24, 2.45) is 0 Å². The van der Waals surface area contributed by atoms with E-state index < -0.39 is 8.80 Å². The van der Waals surface area contributed by atoms with Gasteiger partial charge in [0.05, 0.1) is 0 Å². The molecule has 0 spiro atoms. The van der Waals surface area contributed by atoms with Gasteiger partial charge < -0.3 is 13.3 Å². The number of hydrogen-bond acceptors (Lipinski definition) is 3. The number of rotatable bonds is 5. The molecule has 1 saturated heterocycles. The lowest BCUT2D eigenvalue weighted by Gasteiger charge is -2.35. The average molecular weight is 266 g/mol. The molecule has 0 amide bonds. The van der Waals surface area contributed by atoms with Crippen molar-refractivity contribution in [3.8, 4) is 0 Å². The van der Waals surface area contributed by atoms with Crippen molar-refractivity contribution in [3.05, 3.63) is 35.9 Å². The normalized spacial score (nSPS) is 22.9. The largest absolute Gasteiger partial charge is 0.500 e. The highest BCUT2D eigenvalue weighted by atomic mass is 28.4. The molecule has 3 nitrogen and oxygen atoms in total. The predicted molar refractivity (Wildman–Crippen MR) is 73.4 cm³/mol. The van der Waals surface area contributed by atoms with Crippen LogP contribution in [0, 0.1) is 0 Å². The first-order valence-electron chi connectivity index (χ1n) is 6.60. The van der Waals surface area contributed by atoms with E-state index in [-0.39, 0.29) is 6.10 Å². The highest BCUT2D eigenvalue weighted by Crippen LogP contribution is 2.29. The molecular weight excluding hydrogens is 244 g/mol. The number of benzene rings is 1. The van der Waals surface area contributed by atoms with Crippen LogP contribution in [0.4, 0.5) is 0 Å². The summed E-state index contributed by atoms with van der Waals surface area (Å²) in [5.41, 5.74) is 1.37. The maximum absolute atomic E-state index is 6.09. The Morgan fingerprint density at radius 3 is 2.61 bits per heavy atom. The maximum atomic E-state index is 6.09. The van der Waals surface area contributed by atoms with Gasteiger partial charge >= 0.3 is 8.80 Å². The Morgan fingerprint density at radius 1 is 1.22 bits per heavy atom. The van der Waals surface area contributed by atoms with Crippen LogP contribution >= 0.6 is 0 Å². The smallest absolute Gasteiger partial charge is 0.377 e. The summed E-state index contributed by atoms with van der Waals surface area (Å²) in [7, 11) is 1.08. The molecule has 0 aromatic heterocycles. The minimum Gasteiger partial charge on any atom is -0.377 e. The molecule has 1 aliphatic heterocycles. The number of aryl methyl sites for hydroxylation is 1. The fraction of sp³-hybridized carbons (Fsp3) is 0.571. The zero-order chi connectivity index (χ0) is 12.8. The van der Waals surface area contributed by atoms with Crippen molar-refractivity contribution < 1.29 is 13.3 Å². The summed E-state index contributed by atoms with van der Waals surface area (Å²) in [6.45, 7) is 0. The van der Waals surface area contributed by atoms with Crippen molar-refractivity contribution in [2.75, 3.05) is 14.2 Å². The van der Waals surface area contributed by atoms with Crippen molar-refractivity contribution in [1.29, 1.82) is 0 Å². The van der Waals surface area contributed by atoms with Crippen LogP contribution < -0.4 is 0 Å². The van der Waals surface area contributed by atoms with E-state index in [0.717, 1.165) is 31.7 Å². The first-order chi connectivity index (χ1) is 8.78. The molecule has 18 heavy (non-hydrogen) atoms. The Kier molecular flexibility index (Phi) is 4.94. The van der Waals surface area contributed by atoms with E-state index in [1.54, 1.807) is 14.2 Å². The molecule has 0 saturated carbocycles. The van der Waals surface area contributed by atoms with Crippen LogP contribution in [-0.4, -0.2) is 29.1 Å². The molecule has 1 heterocycles. The van der Waals surface area contributed by atoms with Crippen LogP contribution in [0.15, 0.2) is 30.3 Å². The van der Waals surface area contributed by atoms with E-state index in [1.165, 1.54) is 5.56 Å². The van der Waals surface area contributed by atoms with E-state index >= 15 is 0 Å². The first-order valence-corrected chi connectivity index (χ1v) is 8.53. The van der Waals surface area contributed by atoms with Gasteiger partial charge in [-0.1, -0.05) is 30.3 Å². The lowest BCUT2D eigenvalue weighted by atomic mass is 10.0. The second-order valence-electron chi connectivity index (χ2n) is 4.75. The van der Waals surface area contributed by atoms with Crippen LogP contribution in [0.3, 0.4) is 0 Å². The fourth-order valence-corrected chi connectivity index (χ4v) is 4.74. The van der Waals surface area contributed by atoms with Crippen LogP contribution in [0.2, 0.25) is 6.04 Å². The van der Waals surface area contributed by atoms with E-state index in [9.17, 15) is 0 Å². The molecule has 0 bridgehead atoms. The Labute approximate surface area is 110 Å². The van der Waals surface area contributed by atoms with Gasteiger partial charge in [-0.25, -0.2) is 0 Å². The topological polar surface area (TPSA) is 27.7 Å². The minimum absolute atomic E-state index is 0.283. The summed E-state index contributed by atoms with van der Waals surface area (Å²) in [6, 6.07) is 11.5.